The summed E-state index contributed by atoms with van der Waals surface area (Å²) in [6, 6.07) is 5.02. The molecule has 0 spiro atoms. The molecule has 0 aromatic carbocycles. The molecule has 0 bridgehead atoms. The van der Waals surface area contributed by atoms with Crippen LogP contribution in [0.3, 0.4) is 0 Å². The van der Waals surface area contributed by atoms with Crippen LogP contribution in [0.1, 0.15) is 30.5 Å². The molecular weight excluding hydrogens is 320 g/mol. The van der Waals surface area contributed by atoms with E-state index in [2.05, 4.69) is 26.6 Å². The fourth-order valence-corrected chi connectivity index (χ4v) is 3.35. The number of ether oxygens (including phenoxy) is 1. The van der Waals surface area contributed by atoms with Crippen molar-refractivity contribution in [3.05, 3.63) is 52.8 Å². The Bertz CT molecular complexity index is 976. The van der Waals surface area contributed by atoms with E-state index in [4.69, 9.17) is 4.74 Å². The third kappa shape index (κ3) is 2.58. The number of fused-ring (bicyclic) bond motifs is 1. The van der Waals surface area contributed by atoms with Crippen molar-refractivity contribution < 1.29 is 4.74 Å². The van der Waals surface area contributed by atoms with Crippen molar-refractivity contribution in [2.75, 3.05) is 18.5 Å². The predicted molar refractivity (Wildman–Crippen MR) is 90.7 cm³/mol. The summed E-state index contributed by atoms with van der Waals surface area (Å²) in [6.07, 6.45) is 7.63. The van der Waals surface area contributed by atoms with Gasteiger partial charge >= 0.3 is 0 Å². The van der Waals surface area contributed by atoms with Crippen LogP contribution in [0, 0.1) is 0 Å². The van der Waals surface area contributed by atoms with Crippen LogP contribution in [-0.2, 0) is 4.74 Å². The summed E-state index contributed by atoms with van der Waals surface area (Å²) in [5.74, 6) is 1.34. The van der Waals surface area contributed by atoms with Crippen LogP contribution >= 0.6 is 0 Å². The van der Waals surface area contributed by atoms with Crippen LogP contribution in [0.15, 0.2) is 41.6 Å². The van der Waals surface area contributed by atoms with E-state index in [9.17, 15) is 4.79 Å². The second kappa shape index (κ2) is 5.66. The molecular formula is C17H18N6O2. The Balaban J connectivity index is 1.47. The number of hydrogen-bond acceptors (Lipinski definition) is 6. The Morgan fingerprint density at radius 1 is 1.24 bits per heavy atom. The maximum absolute atomic E-state index is 12.1. The summed E-state index contributed by atoms with van der Waals surface area (Å²) in [4.78, 5) is 16.6. The second-order valence-corrected chi connectivity index (χ2v) is 6.61. The highest BCUT2D eigenvalue weighted by Gasteiger charge is 2.32. The van der Waals surface area contributed by atoms with E-state index in [1.54, 1.807) is 18.5 Å². The van der Waals surface area contributed by atoms with Gasteiger partial charge in [0.2, 0.25) is 0 Å². The van der Waals surface area contributed by atoms with Crippen molar-refractivity contribution in [1.82, 2.24) is 24.4 Å². The summed E-state index contributed by atoms with van der Waals surface area (Å²) in [7, 11) is 0. The molecule has 1 N–H and O–H groups in total. The Morgan fingerprint density at radius 2 is 2.16 bits per heavy atom. The minimum Gasteiger partial charge on any atom is -0.377 e. The Morgan fingerprint density at radius 3 is 3.00 bits per heavy atom. The lowest BCUT2D eigenvalue weighted by Gasteiger charge is -2.20. The first-order valence-corrected chi connectivity index (χ1v) is 8.52. The quantitative estimate of drug-likeness (QED) is 0.770. The molecule has 3 aromatic heterocycles. The molecule has 25 heavy (non-hydrogen) atoms. The van der Waals surface area contributed by atoms with Gasteiger partial charge in [-0.3, -0.25) is 4.79 Å². The fourth-order valence-electron chi connectivity index (χ4n) is 3.35. The van der Waals surface area contributed by atoms with Gasteiger partial charge in [-0.05, 0) is 25.0 Å². The first-order valence-electron chi connectivity index (χ1n) is 8.52. The van der Waals surface area contributed by atoms with Gasteiger partial charge in [-0.15, -0.1) is 0 Å². The number of nitrogens with one attached hydrogen (secondary N) is 1. The van der Waals surface area contributed by atoms with E-state index in [-0.39, 0.29) is 17.6 Å². The molecule has 2 fully saturated rings. The number of anilines is 1. The zero-order valence-electron chi connectivity index (χ0n) is 13.6. The molecule has 2 aliphatic rings. The van der Waals surface area contributed by atoms with Crippen LogP contribution < -0.4 is 10.9 Å². The summed E-state index contributed by atoms with van der Waals surface area (Å²) in [5, 5.41) is 12.3. The highest BCUT2D eigenvalue weighted by molar-refractivity contribution is 5.68. The van der Waals surface area contributed by atoms with Crippen LogP contribution in [0.2, 0.25) is 0 Å². The van der Waals surface area contributed by atoms with Crippen molar-refractivity contribution in [2.45, 2.75) is 30.8 Å². The third-order valence-electron chi connectivity index (χ3n) is 4.83. The largest absolute Gasteiger partial charge is 0.377 e. The number of hydrogen-bond donors (Lipinski definition) is 1. The molecule has 1 saturated carbocycles. The molecule has 2 unspecified atom stereocenters. The molecule has 0 amide bonds. The molecule has 5 rings (SSSR count). The monoisotopic (exact) mass is 338 g/mol. The molecule has 128 valence electrons. The summed E-state index contributed by atoms with van der Waals surface area (Å²) < 4.78 is 8.95. The maximum Gasteiger partial charge on any atom is 0.267 e. The molecule has 1 aliphatic carbocycles. The molecule has 1 aliphatic heterocycles. The number of aromatic nitrogens is 5. The molecule has 2 atom stereocenters. The minimum absolute atomic E-state index is 0.0782. The zero-order chi connectivity index (χ0) is 16.8. The van der Waals surface area contributed by atoms with Gasteiger partial charge in [-0.25, -0.2) is 14.2 Å². The van der Waals surface area contributed by atoms with E-state index in [0.717, 1.165) is 17.0 Å². The van der Waals surface area contributed by atoms with Crippen molar-refractivity contribution in [1.29, 1.82) is 0 Å². The van der Waals surface area contributed by atoms with E-state index in [1.807, 2.05) is 10.7 Å². The van der Waals surface area contributed by atoms with Gasteiger partial charge in [0.15, 0.2) is 5.82 Å². The molecule has 3 aromatic rings. The maximum atomic E-state index is 12.1. The molecule has 4 heterocycles. The Labute approximate surface area is 143 Å². The minimum atomic E-state index is -0.165. The topological polar surface area (TPSA) is 86.3 Å². The van der Waals surface area contributed by atoms with Crippen LogP contribution in [0.5, 0.6) is 0 Å². The highest BCUT2D eigenvalue weighted by Crippen LogP contribution is 2.40. The van der Waals surface area contributed by atoms with E-state index >= 15 is 0 Å². The Hall–Kier alpha value is -2.74. The van der Waals surface area contributed by atoms with E-state index < -0.39 is 0 Å². The molecule has 1 saturated heterocycles. The average Bonchev–Trinajstić information content (AvgIpc) is 3.21. The van der Waals surface area contributed by atoms with E-state index in [1.165, 1.54) is 23.6 Å². The fraction of sp³-hybridized carbons (Fsp3) is 0.412. The number of nitrogens with zero attached hydrogens (tertiary/aromatic N) is 5. The van der Waals surface area contributed by atoms with E-state index in [0.29, 0.717) is 19.1 Å². The van der Waals surface area contributed by atoms with Crippen molar-refractivity contribution in [3.8, 4) is 0 Å². The Kier molecular flexibility index (Phi) is 3.30. The lowest BCUT2D eigenvalue weighted by molar-refractivity contribution is 0.182. The SMILES string of the molecule is O=c1cccnn1C1COCC1Nc1nccn2nc(C3CC3)cc12. The molecule has 8 heteroatoms. The third-order valence-corrected chi connectivity index (χ3v) is 4.83. The zero-order valence-corrected chi connectivity index (χ0v) is 13.6. The lowest BCUT2D eigenvalue weighted by atomic mass is 10.1. The standard InChI is InChI=1S/C17H18N6O2/c24-16-2-1-5-19-23(16)15-10-25-9-13(15)20-17-14-8-12(11-3-4-11)21-22(14)7-6-18-17/h1-2,5-8,11,13,15H,3-4,9-10H2,(H,18,20). The first-order chi connectivity index (χ1) is 12.3. The number of rotatable bonds is 4. The van der Waals surface area contributed by atoms with Crippen LogP contribution in [0.25, 0.3) is 5.52 Å². The van der Waals surface area contributed by atoms with Gasteiger partial charge in [-0.1, -0.05) is 0 Å². The van der Waals surface area contributed by atoms with Gasteiger partial charge < -0.3 is 10.1 Å². The van der Waals surface area contributed by atoms with Crippen LogP contribution in [-0.4, -0.2) is 43.6 Å². The summed E-state index contributed by atoms with van der Waals surface area (Å²) in [5.41, 5.74) is 1.94. The van der Waals surface area contributed by atoms with Crippen molar-refractivity contribution in [3.63, 3.8) is 0 Å². The summed E-state index contributed by atoms with van der Waals surface area (Å²) >= 11 is 0. The highest BCUT2D eigenvalue weighted by atomic mass is 16.5. The lowest BCUT2D eigenvalue weighted by Crippen LogP contribution is -2.37. The van der Waals surface area contributed by atoms with Crippen molar-refractivity contribution >= 4 is 11.3 Å². The van der Waals surface area contributed by atoms with Gasteiger partial charge in [0.25, 0.3) is 5.56 Å². The van der Waals surface area contributed by atoms with Gasteiger partial charge in [0, 0.05) is 30.6 Å². The van der Waals surface area contributed by atoms with Gasteiger partial charge in [0.1, 0.15) is 11.6 Å². The van der Waals surface area contributed by atoms with Crippen molar-refractivity contribution in [2.24, 2.45) is 0 Å². The smallest absolute Gasteiger partial charge is 0.267 e. The normalized spacial score (nSPS) is 23.2. The average molecular weight is 338 g/mol. The first kappa shape index (κ1) is 14.6. The van der Waals surface area contributed by atoms with Crippen LogP contribution in [0.4, 0.5) is 5.82 Å². The van der Waals surface area contributed by atoms with Gasteiger partial charge in [-0.2, -0.15) is 10.2 Å². The summed E-state index contributed by atoms with van der Waals surface area (Å²) in [6.45, 7) is 0.949. The second-order valence-electron chi connectivity index (χ2n) is 6.61. The predicted octanol–water partition coefficient (Wildman–Crippen LogP) is 1.22. The molecule has 8 nitrogen and oxygen atoms in total. The van der Waals surface area contributed by atoms with Gasteiger partial charge in [0.05, 0.1) is 24.9 Å². The molecule has 0 radical (unpaired) electrons.